The number of hydrazone groups is 1. The van der Waals surface area contributed by atoms with E-state index in [1.165, 1.54) is 0 Å². The Hall–Kier alpha value is -1.32. The molecule has 0 aliphatic rings. The molecule has 3 N–H and O–H groups in total. The van der Waals surface area contributed by atoms with Crippen LogP contribution in [-0.4, -0.2) is 11.7 Å². The van der Waals surface area contributed by atoms with Gasteiger partial charge in [0.15, 0.2) is 0 Å². The summed E-state index contributed by atoms with van der Waals surface area (Å²) in [6, 6.07) is -0.647. The summed E-state index contributed by atoms with van der Waals surface area (Å²) in [5, 5.41) is 3.68. The summed E-state index contributed by atoms with van der Waals surface area (Å²) in [7, 11) is 0. The van der Waals surface area contributed by atoms with E-state index in [2.05, 4.69) is 10.5 Å². The molecular weight excluding hydrogens is 142 g/mol. The minimum atomic E-state index is -0.647. The van der Waals surface area contributed by atoms with Crippen molar-refractivity contribution < 1.29 is 4.79 Å². The summed E-state index contributed by atoms with van der Waals surface area (Å²) in [6.07, 6.45) is 1.84. The lowest BCUT2D eigenvalue weighted by Gasteiger charge is -1.94. The number of primary amides is 1. The maximum absolute atomic E-state index is 10.2. The number of carbonyl (C=O) groups excluding carboxylic acids is 1. The molecule has 2 amide bonds. The van der Waals surface area contributed by atoms with E-state index >= 15 is 0 Å². The van der Waals surface area contributed by atoms with Crippen molar-refractivity contribution in [1.82, 2.24) is 5.43 Å². The molecule has 0 radical (unpaired) electrons. The number of allylic oxidation sites excluding steroid dienone is 2. The van der Waals surface area contributed by atoms with Crippen LogP contribution >= 0.6 is 0 Å². The van der Waals surface area contributed by atoms with Gasteiger partial charge in [-0.2, -0.15) is 5.10 Å². The van der Waals surface area contributed by atoms with E-state index in [-0.39, 0.29) is 0 Å². The Balaban J connectivity index is 4.02. The number of amides is 2. The van der Waals surface area contributed by atoms with Crippen molar-refractivity contribution in [2.24, 2.45) is 10.8 Å². The molecule has 0 saturated carbocycles. The van der Waals surface area contributed by atoms with Gasteiger partial charge in [-0.1, -0.05) is 5.57 Å². The second-order valence-electron chi connectivity index (χ2n) is 2.45. The van der Waals surface area contributed by atoms with Crippen LogP contribution in [0.1, 0.15) is 20.8 Å². The highest BCUT2D eigenvalue weighted by atomic mass is 16.2. The molecular formula is C7H13N3O. The fraction of sp³-hybridized carbons (Fsp3) is 0.429. The van der Waals surface area contributed by atoms with Crippen LogP contribution in [-0.2, 0) is 0 Å². The highest BCUT2D eigenvalue weighted by molar-refractivity contribution is 5.93. The lowest BCUT2D eigenvalue weighted by Crippen LogP contribution is -2.25. The van der Waals surface area contributed by atoms with Crippen molar-refractivity contribution >= 4 is 11.7 Å². The number of hydrogen-bond donors (Lipinski definition) is 2. The second-order valence-corrected chi connectivity index (χ2v) is 2.45. The third kappa shape index (κ3) is 6.57. The Bertz CT molecular complexity index is 202. The van der Waals surface area contributed by atoms with Crippen LogP contribution in [0.25, 0.3) is 0 Å². The lowest BCUT2D eigenvalue weighted by atomic mass is 10.3. The van der Waals surface area contributed by atoms with Crippen LogP contribution < -0.4 is 11.2 Å². The number of carbonyl (C=O) groups is 1. The third-order valence-corrected chi connectivity index (χ3v) is 0.840. The molecule has 0 spiro atoms. The molecule has 0 aliphatic heterocycles. The average molecular weight is 155 g/mol. The van der Waals surface area contributed by atoms with Crippen molar-refractivity contribution in [3.63, 3.8) is 0 Å². The van der Waals surface area contributed by atoms with Gasteiger partial charge < -0.3 is 5.73 Å². The van der Waals surface area contributed by atoms with Crippen LogP contribution in [0.3, 0.4) is 0 Å². The molecule has 0 aromatic carbocycles. The lowest BCUT2D eigenvalue weighted by molar-refractivity contribution is 0.249. The molecule has 0 rings (SSSR count). The zero-order chi connectivity index (χ0) is 8.85. The van der Waals surface area contributed by atoms with Gasteiger partial charge in [-0.05, 0) is 26.8 Å². The highest BCUT2D eigenvalue weighted by Crippen LogP contribution is 1.89. The molecule has 0 unspecified atom stereocenters. The number of nitrogens with two attached hydrogens (primary N) is 1. The van der Waals surface area contributed by atoms with Gasteiger partial charge in [0.1, 0.15) is 0 Å². The summed E-state index contributed by atoms with van der Waals surface area (Å²) in [5.41, 5.74) is 8.78. The zero-order valence-corrected chi connectivity index (χ0v) is 7.01. The molecule has 4 nitrogen and oxygen atoms in total. The quantitative estimate of drug-likeness (QED) is 0.453. The first kappa shape index (κ1) is 9.68. The van der Waals surface area contributed by atoms with Crippen LogP contribution in [0, 0.1) is 0 Å². The predicted molar refractivity (Wildman–Crippen MR) is 45.3 cm³/mol. The van der Waals surface area contributed by atoms with Crippen LogP contribution in [0.4, 0.5) is 4.79 Å². The van der Waals surface area contributed by atoms with Gasteiger partial charge in [-0.3, -0.25) is 0 Å². The fourth-order valence-electron chi connectivity index (χ4n) is 0.593. The predicted octanol–water partition coefficient (Wildman–Crippen LogP) is 0.997. The Morgan fingerprint density at radius 1 is 1.45 bits per heavy atom. The van der Waals surface area contributed by atoms with Crippen molar-refractivity contribution in [2.45, 2.75) is 20.8 Å². The van der Waals surface area contributed by atoms with Gasteiger partial charge in [0.25, 0.3) is 0 Å². The summed E-state index contributed by atoms with van der Waals surface area (Å²) in [6.45, 7) is 5.68. The summed E-state index contributed by atoms with van der Waals surface area (Å²) >= 11 is 0. The van der Waals surface area contributed by atoms with Crippen molar-refractivity contribution in [3.05, 3.63) is 11.6 Å². The first-order chi connectivity index (χ1) is 5.02. The molecule has 4 heteroatoms. The number of urea groups is 1. The monoisotopic (exact) mass is 155 g/mol. The maximum atomic E-state index is 10.2. The van der Waals surface area contributed by atoms with E-state index in [0.29, 0.717) is 0 Å². The zero-order valence-electron chi connectivity index (χ0n) is 7.01. The first-order valence-corrected chi connectivity index (χ1v) is 3.27. The molecule has 0 saturated heterocycles. The van der Waals surface area contributed by atoms with E-state index in [0.717, 1.165) is 11.3 Å². The standard InChI is InChI=1S/C7H13N3O/c1-5(2)4-6(3)9-10-7(8)11/h4H,1-3H3,(H3,8,10,11). The second kappa shape index (κ2) is 4.49. The van der Waals surface area contributed by atoms with Gasteiger partial charge in [0.05, 0.1) is 5.71 Å². The molecule has 0 heterocycles. The largest absolute Gasteiger partial charge is 0.350 e. The number of rotatable bonds is 2. The first-order valence-electron chi connectivity index (χ1n) is 3.27. The van der Waals surface area contributed by atoms with Crippen molar-refractivity contribution in [2.75, 3.05) is 0 Å². The highest BCUT2D eigenvalue weighted by Gasteiger charge is 1.87. The maximum Gasteiger partial charge on any atom is 0.332 e. The van der Waals surface area contributed by atoms with E-state index in [1.54, 1.807) is 6.92 Å². The van der Waals surface area contributed by atoms with Crippen molar-refractivity contribution in [1.29, 1.82) is 0 Å². The molecule has 0 fully saturated rings. The Morgan fingerprint density at radius 2 is 2.00 bits per heavy atom. The summed E-state index contributed by atoms with van der Waals surface area (Å²) in [5.74, 6) is 0. The minimum Gasteiger partial charge on any atom is -0.350 e. The Kier molecular flexibility index (Phi) is 3.95. The Morgan fingerprint density at radius 3 is 2.36 bits per heavy atom. The topological polar surface area (TPSA) is 67.5 Å². The van der Waals surface area contributed by atoms with Gasteiger partial charge >= 0.3 is 6.03 Å². The average Bonchev–Trinajstić information content (AvgIpc) is 1.82. The molecule has 62 valence electrons. The number of nitrogens with zero attached hydrogens (tertiary/aromatic N) is 1. The van der Waals surface area contributed by atoms with Crippen molar-refractivity contribution in [3.8, 4) is 0 Å². The van der Waals surface area contributed by atoms with Crippen LogP contribution in [0.2, 0.25) is 0 Å². The van der Waals surface area contributed by atoms with Crippen LogP contribution in [0.15, 0.2) is 16.8 Å². The molecule has 0 aliphatic carbocycles. The normalized spacial score (nSPS) is 10.6. The molecule has 0 bridgehead atoms. The summed E-state index contributed by atoms with van der Waals surface area (Å²) < 4.78 is 0. The molecule has 0 aromatic heterocycles. The van der Waals surface area contributed by atoms with E-state index in [9.17, 15) is 4.79 Å². The molecule has 11 heavy (non-hydrogen) atoms. The SMILES string of the molecule is CC(C)=CC(C)=NNC(N)=O. The third-order valence-electron chi connectivity index (χ3n) is 0.840. The van der Waals surface area contributed by atoms with Gasteiger partial charge in [0.2, 0.25) is 0 Å². The smallest absolute Gasteiger partial charge is 0.332 e. The molecule has 0 aromatic rings. The van der Waals surface area contributed by atoms with Crippen LogP contribution in [0.5, 0.6) is 0 Å². The van der Waals surface area contributed by atoms with E-state index < -0.39 is 6.03 Å². The van der Waals surface area contributed by atoms with Gasteiger partial charge in [-0.25, -0.2) is 10.2 Å². The molecule has 0 atom stereocenters. The van der Waals surface area contributed by atoms with E-state index in [1.807, 2.05) is 19.9 Å². The van der Waals surface area contributed by atoms with Gasteiger partial charge in [-0.15, -0.1) is 0 Å². The summed E-state index contributed by atoms with van der Waals surface area (Å²) in [4.78, 5) is 10.2. The minimum absolute atomic E-state index is 0.647. The Labute approximate surface area is 66.2 Å². The number of hydrogen-bond acceptors (Lipinski definition) is 2. The number of nitrogens with one attached hydrogen (secondary N) is 1. The fourth-order valence-corrected chi connectivity index (χ4v) is 0.593. The van der Waals surface area contributed by atoms with E-state index in [4.69, 9.17) is 5.73 Å². The van der Waals surface area contributed by atoms with Gasteiger partial charge in [0, 0.05) is 0 Å².